The maximum Gasteiger partial charge on any atom is 0.0878 e. The zero-order valence-electron chi connectivity index (χ0n) is 9.10. The highest BCUT2D eigenvalue weighted by Gasteiger charge is 2.15. The van der Waals surface area contributed by atoms with Crippen molar-refractivity contribution in [3.05, 3.63) is 34.3 Å². The van der Waals surface area contributed by atoms with Gasteiger partial charge >= 0.3 is 0 Å². The second-order valence-corrected chi connectivity index (χ2v) is 8.28. The minimum absolute atomic E-state index is 1.43. The van der Waals surface area contributed by atoms with Gasteiger partial charge in [0.2, 0.25) is 0 Å². The van der Waals surface area contributed by atoms with Gasteiger partial charge in [0.1, 0.15) is 0 Å². The largest absolute Gasteiger partial charge is 0.143 e. The number of hydrogen-bond donors (Lipinski definition) is 0. The molecule has 4 aromatic heterocycles. The van der Waals surface area contributed by atoms with E-state index < -0.39 is 0 Å². The third-order valence-corrected chi connectivity index (χ3v) is 7.53. The summed E-state index contributed by atoms with van der Waals surface area (Å²) in [4.78, 5) is 0. The Kier molecular flexibility index (Phi) is 1.84. The second-order valence-electron chi connectivity index (χ2n) is 4.25. The van der Waals surface area contributed by atoms with Crippen LogP contribution in [0.2, 0.25) is 0 Å². The van der Waals surface area contributed by atoms with Gasteiger partial charge in [-0.05, 0) is 34.3 Å². The molecule has 0 fully saturated rings. The van der Waals surface area contributed by atoms with E-state index in [9.17, 15) is 0 Å². The molecule has 0 amide bonds. The summed E-state index contributed by atoms with van der Waals surface area (Å²) in [6, 6.07) is 6.82. The van der Waals surface area contributed by atoms with Crippen LogP contribution in [0.15, 0.2) is 34.3 Å². The average Bonchev–Trinajstić information content (AvgIpc) is 3.10. The third-order valence-electron chi connectivity index (χ3n) is 3.37. The minimum Gasteiger partial charge on any atom is -0.143 e. The number of rotatable bonds is 0. The average molecular weight is 302 g/mol. The highest BCUT2D eigenvalue weighted by Crippen LogP contribution is 2.48. The van der Waals surface area contributed by atoms with E-state index in [4.69, 9.17) is 0 Å². The van der Waals surface area contributed by atoms with Crippen LogP contribution < -0.4 is 0 Å². The maximum atomic E-state index is 2.28. The Morgan fingerprint density at radius 3 is 2.17 bits per heavy atom. The Morgan fingerprint density at radius 1 is 0.611 bits per heavy atom. The molecule has 0 spiro atoms. The molecule has 0 aliphatic carbocycles. The topological polar surface area (TPSA) is 0 Å². The molecule has 0 bridgehead atoms. The van der Waals surface area contributed by atoms with Gasteiger partial charge < -0.3 is 0 Å². The van der Waals surface area contributed by atoms with Gasteiger partial charge in [0.15, 0.2) is 0 Å². The number of thiophene rings is 4. The first-order chi connectivity index (χ1) is 8.93. The van der Waals surface area contributed by atoms with E-state index in [-0.39, 0.29) is 0 Å². The summed E-state index contributed by atoms with van der Waals surface area (Å²) in [5.41, 5.74) is 0. The van der Waals surface area contributed by atoms with Gasteiger partial charge in [-0.25, -0.2) is 0 Å². The van der Waals surface area contributed by atoms with Gasteiger partial charge in [-0.1, -0.05) is 0 Å². The van der Waals surface area contributed by atoms with Crippen LogP contribution >= 0.6 is 45.3 Å². The number of benzene rings is 1. The molecule has 5 aromatic rings. The van der Waals surface area contributed by atoms with Gasteiger partial charge in [-0.2, -0.15) is 0 Å². The van der Waals surface area contributed by atoms with Gasteiger partial charge in [0.25, 0.3) is 0 Å². The molecule has 4 heteroatoms. The monoisotopic (exact) mass is 302 g/mol. The summed E-state index contributed by atoms with van der Waals surface area (Å²) < 4.78 is 5.85. The molecule has 0 unspecified atom stereocenters. The molecule has 1 aromatic carbocycles. The fraction of sp³-hybridized carbons (Fsp3) is 0. The highest BCUT2D eigenvalue weighted by molar-refractivity contribution is 7.42. The van der Waals surface area contributed by atoms with Crippen molar-refractivity contribution in [3.8, 4) is 0 Å². The van der Waals surface area contributed by atoms with Crippen LogP contribution in [0.5, 0.6) is 0 Å². The van der Waals surface area contributed by atoms with Crippen LogP contribution in [-0.4, -0.2) is 0 Å². The van der Waals surface area contributed by atoms with E-state index >= 15 is 0 Å². The van der Waals surface area contributed by atoms with Crippen molar-refractivity contribution < 1.29 is 0 Å². The molecule has 0 nitrogen and oxygen atoms in total. The predicted octanol–water partition coefficient (Wildman–Crippen LogP) is 6.55. The van der Waals surface area contributed by atoms with Crippen LogP contribution in [0.3, 0.4) is 0 Å². The first kappa shape index (κ1) is 9.92. The summed E-state index contributed by atoms with van der Waals surface area (Å²) in [5, 5.41) is 12.4. The smallest absolute Gasteiger partial charge is 0.0878 e. The summed E-state index contributed by atoms with van der Waals surface area (Å²) in [7, 11) is 0. The summed E-state index contributed by atoms with van der Waals surface area (Å²) >= 11 is 7.56. The summed E-state index contributed by atoms with van der Waals surface area (Å²) in [6.07, 6.45) is 0. The molecule has 0 radical (unpaired) electrons. The Labute approximate surface area is 119 Å². The molecule has 0 atom stereocenters. The van der Waals surface area contributed by atoms with Crippen LogP contribution in [0, 0.1) is 0 Å². The maximum absolute atomic E-state index is 2.28. The molecule has 18 heavy (non-hydrogen) atoms. The van der Waals surface area contributed by atoms with Crippen molar-refractivity contribution in [2.45, 2.75) is 0 Å². The lowest BCUT2D eigenvalue weighted by molar-refractivity contribution is 2.15. The van der Waals surface area contributed by atoms with E-state index in [0.717, 1.165) is 0 Å². The van der Waals surface area contributed by atoms with Gasteiger partial charge in [-0.3, -0.25) is 0 Å². The molecule has 0 saturated carbocycles. The normalized spacial score (nSPS) is 12.4. The molecule has 0 aliphatic heterocycles. The van der Waals surface area contributed by atoms with Crippen molar-refractivity contribution in [2.24, 2.45) is 0 Å². The first-order valence-corrected chi connectivity index (χ1v) is 9.05. The second kappa shape index (κ2) is 3.33. The van der Waals surface area contributed by atoms with Crippen LogP contribution in [0.25, 0.3) is 39.7 Å². The Morgan fingerprint density at radius 2 is 1.28 bits per heavy atom. The van der Waals surface area contributed by atoms with Gasteiger partial charge in [-0.15, -0.1) is 45.3 Å². The summed E-state index contributed by atoms with van der Waals surface area (Å²) in [5.74, 6) is 0. The summed E-state index contributed by atoms with van der Waals surface area (Å²) in [6.45, 7) is 0. The lowest BCUT2D eigenvalue weighted by atomic mass is 10.1. The molecule has 0 saturated heterocycles. The van der Waals surface area contributed by atoms with E-state index in [1.807, 2.05) is 45.3 Å². The van der Waals surface area contributed by atoms with Crippen molar-refractivity contribution in [3.63, 3.8) is 0 Å². The van der Waals surface area contributed by atoms with E-state index in [2.05, 4.69) is 34.3 Å². The quantitative estimate of drug-likeness (QED) is 0.304. The Hall–Kier alpha value is -0.940. The minimum atomic E-state index is 1.43. The van der Waals surface area contributed by atoms with Crippen LogP contribution in [0.4, 0.5) is 0 Å². The molecule has 86 valence electrons. The number of fused-ring (bicyclic) bond motifs is 8. The molecule has 5 rings (SSSR count). The van der Waals surface area contributed by atoms with Gasteiger partial charge in [0, 0.05) is 35.6 Å². The molecule has 0 aliphatic rings. The fourth-order valence-corrected chi connectivity index (χ4v) is 7.01. The standard InChI is InChI=1S/C14H6S4/c1-6-17-14-7(1)10-12-8(2-5-16-12)11-9(3-4-15-11)13(10)18-14/h1-6H. The predicted molar refractivity (Wildman–Crippen MR) is 88.0 cm³/mol. The highest BCUT2D eigenvalue weighted by atomic mass is 32.2. The molecule has 4 heterocycles. The van der Waals surface area contributed by atoms with Crippen molar-refractivity contribution in [2.75, 3.05) is 0 Å². The molecule has 0 N–H and O–H groups in total. The van der Waals surface area contributed by atoms with Crippen molar-refractivity contribution >= 4 is 85.0 Å². The Bertz CT molecular complexity index is 1020. The first-order valence-electron chi connectivity index (χ1n) is 5.59. The Balaban J connectivity index is 2.32. The van der Waals surface area contributed by atoms with E-state index in [0.29, 0.717) is 0 Å². The van der Waals surface area contributed by atoms with Crippen LogP contribution in [0.1, 0.15) is 0 Å². The number of hydrogen-bond acceptors (Lipinski definition) is 4. The van der Waals surface area contributed by atoms with Gasteiger partial charge in [0.05, 0.1) is 4.01 Å². The lowest BCUT2D eigenvalue weighted by Gasteiger charge is -1.97. The van der Waals surface area contributed by atoms with Crippen molar-refractivity contribution in [1.29, 1.82) is 0 Å². The van der Waals surface area contributed by atoms with Crippen molar-refractivity contribution in [1.82, 2.24) is 0 Å². The third kappa shape index (κ3) is 1.06. The SMILES string of the molecule is c1cc2c(s1)sc1c3ccsc3c3ccsc3c21. The van der Waals surface area contributed by atoms with Crippen LogP contribution in [-0.2, 0) is 0 Å². The zero-order chi connectivity index (χ0) is 11.7. The van der Waals surface area contributed by atoms with E-state index in [1.54, 1.807) is 0 Å². The zero-order valence-corrected chi connectivity index (χ0v) is 12.4. The fourth-order valence-electron chi connectivity index (χ4n) is 2.62. The molecular formula is C14H6S4. The molecular weight excluding hydrogens is 296 g/mol. The lowest BCUT2D eigenvalue weighted by Crippen LogP contribution is -1.68. The van der Waals surface area contributed by atoms with E-state index in [1.165, 1.54) is 39.7 Å².